The Hall–Kier alpha value is -2.71. The van der Waals surface area contributed by atoms with Crippen LogP contribution in [0.4, 0.5) is 4.39 Å². The van der Waals surface area contributed by atoms with Crippen molar-refractivity contribution in [2.24, 2.45) is 0 Å². The number of amides is 1. The van der Waals surface area contributed by atoms with E-state index in [0.29, 0.717) is 47.2 Å². The SMILES string of the molecule is CCCN1[C@@H]2CC[C@H]1CC(Oc1cc(F)ccc1C(=O)N1Cc3nn4cc(Cl)cnc4c3C1)C2. The number of fused-ring (bicyclic) bond motifs is 5. The summed E-state index contributed by atoms with van der Waals surface area (Å²) in [5.74, 6) is -0.255. The van der Waals surface area contributed by atoms with Crippen molar-refractivity contribution in [2.45, 2.75) is 70.3 Å². The summed E-state index contributed by atoms with van der Waals surface area (Å²) in [4.78, 5) is 22.2. The highest BCUT2D eigenvalue weighted by Gasteiger charge is 2.41. The molecule has 5 heterocycles. The van der Waals surface area contributed by atoms with E-state index in [0.717, 1.165) is 37.1 Å². The summed E-state index contributed by atoms with van der Waals surface area (Å²) in [7, 11) is 0. The number of hydrogen-bond donors (Lipinski definition) is 0. The molecule has 0 N–H and O–H groups in total. The number of benzene rings is 1. The summed E-state index contributed by atoms with van der Waals surface area (Å²) in [5.41, 5.74) is 2.80. The monoisotopic (exact) mass is 483 g/mol. The Bertz CT molecular complexity index is 1250. The molecule has 178 valence electrons. The number of hydrogen-bond acceptors (Lipinski definition) is 5. The topological polar surface area (TPSA) is 63.0 Å². The predicted octanol–water partition coefficient (Wildman–Crippen LogP) is 4.46. The Morgan fingerprint density at radius 2 is 2.03 bits per heavy atom. The van der Waals surface area contributed by atoms with Gasteiger partial charge in [0.1, 0.15) is 17.7 Å². The van der Waals surface area contributed by atoms with E-state index in [9.17, 15) is 9.18 Å². The average molecular weight is 484 g/mol. The maximum Gasteiger partial charge on any atom is 0.258 e. The first-order valence-electron chi connectivity index (χ1n) is 12.0. The quantitative estimate of drug-likeness (QED) is 0.536. The summed E-state index contributed by atoms with van der Waals surface area (Å²) >= 11 is 6.02. The smallest absolute Gasteiger partial charge is 0.258 e. The van der Waals surface area contributed by atoms with Crippen LogP contribution in [0.2, 0.25) is 5.02 Å². The molecule has 1 aromatic carbocycles. The molecule has 2 fully saturated rings. The van der Waals surface area contributed by atoms with Crippen molar-refractivity contribution in [3.05, 3.63) is 58.3 Å². The van der Waals surface area contributed by atoms with E-state index >= 15 is 0 Å². The van der Waals surface area contributed by atoms with E-state index in [-0.39, 0.29) is 12.0 Å². The van der Waals surface area contributed by atoms with Gasteiger partial charge in [0, 0.05) is 29.9 Å². The van der Waals surface area contributed by atoms with Gasteiger partial charge in [0.25, 0.3) is 5.91 Å². The number of nitrogens with zero attached hydrogens (tertiary/aromatic N) is 5. The standard InChI is InChI=1S/C25H27ClFN5O2/c1-2-7-31-17-4-5-18(31)10-19(9-17)34-23-8-16(27)3-6-20(23)25(33)30-13-21-22(14-30)29-32-12-15(26)11-28-24(21)32/h3,6,8,11-12,17-19H,2,4-5,7,9-10,13-14H2,1H3/t17-,18+,19?. The zero-order chi connectivity index (χ0) is 23.4. The van der Waals surface area contributed by atoms with E-state index in [1.165, 1.54) is 31.0 Å². The van der Waals surface area contributed by atoms with Gasteiger partial charge in [-0.05, 0) is 50.8 Å². The Morgan fingerprint density at radius 1 is 1.24 bits per heavy atom. The fraction of sp³-hybridized carbons (Fsp3) is 0.480. The van der Waals surface area contributed by atoms with Crippen LogP contribution in [0.5, 0.6) is 5.75 Å². The molecule has 2 bridgehead atoms. The Labute approximate surface area is 202 Å². The average Bonchev–Trinajstić information content (AvgIpc) is 3.42. The summed E-state index contributed by atoms with van der Waals surface area (Å²) < 4.78 is 22.2. The van der Waals surface area contributed by atoms with Gasteiger partial charge in [-0.1, -0.05) is 18.5 Å². The zero-order valence-corrected chi connectivity index (χ0v) is 19.8. The summed E-state index contributed by atoms with van der Waals surface area (Å²) in [5, 5.41) is 5.04. The van der Waals surface area contributed by atoms with Crippen molar-refractivity contribution in [3.63, 3.8) is 0 Å². The fourth-order valence-corrected chi connectivity index (χ4v) is 6.07. The van der Waals surface area contributed by atoms with Crippen LogP contribution in [0.3, 0.4) is 0 Å². The molecule has 6 rings (SSSR count). The number of carbonyl (C=O) groups excluding carboxylic acids is 1. The highest BCUT2D eigenvalue weighted by Crippen LogP contribution is 2.38. The molecule has 2 aromatic heterocycles. The third-order valence-corrected chi connectivity index (χ3v) is 7.58. The molecular formula is C25H27ClFN5O2. The minimum Gasteiger partial charge on any atom is -0.489 e. The number of halogens is 2. The molecule has 0 radical (unpaired) electrons. The van der Waals surface area contributed by atoms with Gasteiger partial charge in [-0.2, -0.15) is 5.10 Å². The van der Waals surface area contributed by atoms with Crippen LogP contribution in [0, 0.1) is 5.82 Å². The second kappa shape index (κ2) is 8.50. The Kier molecular flexibility index (Phi) is 5.45. The van der Waals surface area contributed by atoms with Gasteiger partial charge < -0.3 is 9.64 Å². The molecule has 7 nitrogen and oxygen atoms in total. The van der Waals surface area contributed by atoms with Gasteiger partial charge in [-0.15, -0.1) is 0 Å². The number of ether oxygens (including phenoxy) is 1. The molecule has 3 aromatic rings. The summed E-state index contributed by atoms with van der Waals surface area (Å²) in [6, 6.07) is 5.24. The number of carbonyl (C=O) groups is 1. The molecule has 3 aliphatic heterocycles. The maximum atomic E-state index is 14.2. The van der Waals surface area contributed by atoms with Crippen LogP contribution >= 0.6 is 11.6 Å². The number of aromatic nitrogens is 3. The third-order valence-electron chi connectivity index (χ3n) is 7.39. The molecule has 0 saturated carbocycles. The van der Waals surface area contributed by atoms with E-state index in [1.807, 2.05) is 0 Å². The summed E-state index contributed by atoms with van der Waals surface area (Å²) in [6.45, 7) is 4.09. The van der Waals surface area contributed by atoms with Crippen LogP contribution in [0.25, 0.3) is 5.65 Å². The van der Waals surface area contributed by atoms with Crippen molar-refractivity contribution < 1.29 is 13.9 Å². The largest absolute Gasteiger partial charge is 0.489 e. The lowest BCUT2D eigenvalue weighted by Crippen LogP contribution is -2.46. The first kappa shape index (κ1) is 21.8. The van der Waals surface area contributed by atoms with E-state index in [4.69, 9.17) is 16.3 Å². The predicted molar refractivity (Wildman–Crippen MR) is 125 cm³/mol. The minimum atomic E-state index is -0.401. The molecule has 3 atom stereocenters. The van der Waals surface area contributed by atoms with Gasteiger partial charge in [0.15, 0.2) is 5.65 Å². The minimum absolute atomic E-state index is 0.00658. The van der Waals surface area contributed by atoms with Crippen LogP contribution in [0.15, 0.2) is 30.6 Å². The van der Waals surface area contributed by atoms with Gasteiger partial charge in [-0.3, -0.25) is 9.69 Å². The van der Waals surface area contributed by atoms with Gasteiger partial charge in [0.2, 0.25) is 0 Å². The molecule has 1 unspecified atom stereocenters. The molecule has 34 heavy (non-hydrogen) atoms. The maximum absolute atomic E-state index is 14.2. The first-order valence-corrected chi connectivity index (χ1v) is 12.4. The Balaban J connectivity index is 1.21. The molecule has 9 heteroatoms. The number of rotatable bonds is 5. The van der Waals surface area contributed by atoms with Crippen molar-refractivity contribution in [1.29, 1.82) is 0 Å². The fourth-order valence-electron chi connectivity index (χ4n) is 5.93. The van der Waals surface area contributed by atoms with Gasteiger partial charge in [-0.25, -0.2) is 13.9 Å². The number of piperidine rings is 1. The van der Waals surface area contributed by atoms with Crippen molar-refractivity contribution in [2.75, 3.05) is 6.54 Å². The van der Waals surface area contributed by atoms with Crippen LogP contribution in [0.1, 0.15) is 60.6 Å². The van der Waals surface area contributed by atoms with Crippen LogP contribution in [-0.2, 0) is 13.1 Å². The van der Waals surface area contributed by atoms with E-state index in [1.54, 1.807) is 21.8 Å². The lowest BCUT2D eigenvalue weighted by atomic mass is 9.99. The second-order valence-corrected chi connectivity index (χ2v) is 10.0. The second-order valence-electron chi connectivity index (χ2n) is 9.60. The third kappa shape index (κ3) is 3.73. The lowest BCUT2D eigenvalue weighted by Gasteiger charge is -2.39. The molecule has 2 saturated heterocycles. The van der Waals surface area contributed by atoms with Crippen molar-refractivity contribution >= 4 is 23.2 Å². The normalized spacial score (nSPS) is 24.1. The van der Waals surface area contributed by atoms with E-state index < -0.39 is 5.82 Å². The van der Waals surface area contributed by atoms with Crippen molar-refractivity contribution in [1.82, 2.24) is 24.4 Å². The molecule has 1 amide bonds. The van der Waals surface area contributed by atoms with Crippen LogP contribution < -0.4 is 4.74 Å². The van der Waals surface area contributed by atoms with Crippen molar-refractivity contribution in [3.8, 4) is 5.75 Å². The highest BCUT2D eigenvalue weighted by atomic mass is 35.5. The van der Waals surface area contributed by atoms with Gasteiger partial charge >= 0.3 is 0 Å². The zero-order valence-electron chi connectivity index (χ0n) is 19.1. The first-order chi connectivity index (χ1) is 16.5. The highest BCUT2D eigenvalue weighted by molar-refractivity contribution is 6.30. The van der Waals surface area contributed by atoms with Gasteiger partial charge in [0.05, 0.1) is 35.6 Å². The molecule has 0 aliphatic carbocycles. The van der Waals surface area contributed by atoms with Crippen LogP contribution in [-0.4, -0.2) is 55.0 Å². The molecular weight excluding hydrogens is 457 g/mol. The lowest BCUT2D eigenvalue weighted by molar-refractivity contribution is 0.0479. The summed E-state index contributed by atoms with van der Waals surface area (Å²) in [6.07, 6.45) is 8.63. The van der Waals surface area contributed by atoms with E-state index in [2.05, 4.69) is 21.9 Å². The Morgan fingerprint density at radius 3 is 2.79 bits per heavy atom. The molecule has 0 spiro atoms. The molecule has 3 aliphatic rings.